The van der Waals surface area contributed by atoms with Crippen molar-refractivity contribution in [3.63, 3.8) is 0 Å². The maximum absolute atomic E-state index is 15.9. The number of methoxy groups -OCH3 is 3. The Hall–Kier alpha value is -5.57. The van der Waals surface area contributed by atoms with Crippen LogP contribution in [0.1, 0.15) is 23.1 Å². The van der Waals surface area contributed by atoms with E-state index in [9.17, 15) is 18.3 Å². The van der Waals surface area contributed by atoms with E-state index in [1.54, 1.807) is 72.7 Å². The van der Waals surface area contributed by atoms with Gasteiger partial charge in [-0.05, 0) is 82.9 Å². The van der Waals surface area contributed by atoms with Gasteiger partial charge in [-0.2, -0.15) is 9.10 Å². The van der Waals surface area contributed by atoms with Crippen LogP contribution in [0.5, 0.6) is 17.2 Å². The van der Waals surface area contributed by atoms with Gasteiger partial charge in [0.25, 0.3) is 0 Å². The summed E-state index contributed by atoms with van der Waals surface area (Å²) in [6.45, 7) is 5.56. The number of halogens is 1. The summed E-state index contributed by atoms with van der Waals surface area (Å²) in [6, 6.07) is 22.9. The molecule has 1 aliphatic rings. The fourth-order valence-corrected chi connectivity index (χ4v) is 13.8. The number of carboxylic acid groups (broad SMARTS) is 1. The number of aromatic nitrogens is 4. The van der Waals surface area contributed by atoms with Gasteiger partial charge in [0.05, 0.1) is 56.7 Å². The number of alkyl halides is 1. The average Bonchev–Trinajstić information content (AvgIpc) is 3.71. The minimum absolute atomic E-state index is 0.0317. The third kappa shape index (κ3) is 11.1. The highest BCUT2D eigenvalue weighted by molar-refractivity contribution is 7.93. The Labute approximate surface area is 362 Å². The second kappa shape index (κ2) is 19.2. The first-order chi connectivity index (χ1) is 29.4. The molecule has 0 spiro atoms. The van der Waals surface area contributed by atoms with Gasteiger partial charge in [0, 0.05) is 33.4 Å². The van der Waals surface area contributed by atoms with Crippen LogP contribution in [0.3, 0.4) is 0 Å². The summed E-state index contributed by atoms with van der Waals surface area (Å²) < 4.78 is 94.1. The van der Waals surface area contributed by atoms with Gasteiger partial charge in [-0.15, -0.1) is 10.2 Å². The van der Waals surface area contributed by atoms with Crippen molar-refractivity contribution in [2.45, 2.75) is 73.7 Å². The summed E-state index contributed by atoms with van der Waals surface area (Å²) in [5.41, 5.74) is 1.90. The molecule has 0 radical (unpaired) electrons. The van der Waals surface area contributed by atoms with Gasteiger partial charge >= 0.3 is 6.09 Å². The quantitative estimate of drug-likeness (QED) is 0.0959. The molecule has 6 rings (SSSR count). The largest absolute Gasteiger partial charge is 0.497 e. The van der Waals surface area contributed by atoms with E-state index in [1.165, 1.54) is 35.5 Å². The Kier molecular flexibility index (Phi) is 14.2. The number of amides is 1. The van der Waals surface area contributed by atoms with Crippen molar-refractivity contribution in [1.82, 2.24) is 29.8 Å². The number of hydrogen-bond acceptors (Lipinski definition) is 12. The Morgan fingerprint density at radius 3 is 1.85 bits per heavy atom. The number of piperidine rings is 1. The van der Waals surface area contributed by atoms with Crippen LogP contribution in [0.4, 0.5) is 14.9 Å². The molecule has 2 heterocycles. The molecule has 1 aliphatic heterocycles. The van der Waals surface area contributed by atoms with Gasteiger partial charge in [0.1, 0.15) is 28.3 Å². The predicted molar refractivity (Wildman–Crippen MR) is 235 cm³/mol. The first-order valence-electron chi connectivity index (χ1n) is 19.9. The number of carbonyl (C=O) groups is 1. The molecule has 5 aromatic rings. The van der Waals surface area contributed by atoms with Crippen molar-refractivity contribution >= 4 is 39.7 Å². The second-order valence-electron chi connectivity index (χ2n) is 16.2. The lowest BCUT2D eigenvalue weighted by Crippen LogP contribution is -2.52. The number of ether oxygens (including phenoxy) is 3. The van der Waals surface area contributed by atoms with E-state index < -0.39 is 56.0 Å². The smallest absolute Gasteiger partial charge is 0.404 e. The highest BCUT2D eigenvalue weighted by Gasteiger charge is 2.40. The summed E-state index contributed by atoms with van der Waals surface area (Å²) in [5.74, 6) is 1.22. The van der Waals surface area contributed by atoms with Gasteiger partial charge in [0.15, 0.2) is 9.84 Å². The highest BCUT2D eigenvalue weighted by atomic mass is 32.2. The van der Waals surface area contributed by atoms with E-state index in [2.05, 4.69) is 20.7 Å². The van der Waals surface area contributed by atoms with Crippen molar-refractivity contribution in [3.8, 4) is 28.6 Å². The fourth-order valence-electron chi connectivity index (χ4n) is 7.06. The molecule has 1 saturated heterocycles. The van der Waals surface area contributed by atoms with Gasteiger partial charge in [-0.1, -0.05) is 56.0 Å². The normalized spacial score (nSPS) is 16.0. The molecule has 4 aromatic carbocycles. The number of nitrogens with one attached hydrogen (secondary N) is 1. The van der Waals surface area contributed by atoms with Crippen LogP contribution in [-0.2, 0) is 39.5 Å². The summed E-state index contributed by atoms with van der Waals surface area (Å²) in [7, 11) is -6.60. The molecule has 1 amide bonds. The third-order valence-electron chi connectivity index (χ3n) is 10.5. The van der Waals surface area contributed by atoms with Gasteiger partial charge in [-0.3, -0.25) is 0 Å². The van der Waals surface area contributed by atoms with E-state index in [1.807, 2.05) is 31.8 Å². The Morgan fingerprint density at radius 1 is 0.839 bits per heavy atom. The first kappa shape index (κ1) is 45.9. The number of rotatable bonds is 18. The maximum Gasteiger partial charge on any atom is 0.404 e. The zero-order chi connectivity index (χ0) is 44.8. The average molecular weight is 910 g/mol. The van der Waals surface area contributed by atoms with Crippen molar-refractivity contribution < 1.29 is 45.3 Å². The van der Waals surface area contributed by atoms with Crippen LogP contribution in [0.25, 0.3) is 11.4 Å². The van der Waals surface area contributed by atoms with Crippen LogP contribution in [-0.4, -0.2) is 113 Å². The Balaban J connectivity index is 1.59. The van der Waals surface area contributed by atoms with Crippen LogP contribution >= 0.6 is 0 Å². The zero-order valence-corrected chi connectivity index (χ0v) is 38.1. The lowest BCUT2D eigenvalue weighted by molar-refractivity contribution is 0.168. The predicted octanol–water partition coefficient (Wildman–Crippen LogP) is 6.10. The topological polar surface area (TPSA) is 195 Å². The van der Waals surface area contributed by atoms with Gasteiger partial charge in [-0.25, -0.2) is 26.0 Å². The molecule has 0 bridgehead atoms. The summed E-state index contributed by atoms with van der Waals surface area (Å²) in [4.78, 5) is 13.3. The molecule has 62 heavy (non-hydrogen) atoms. The van der Waals surface area contributed by atoms with E-state index in [-0.39, 0.29) is 62.0 Å². The van der Waals surface area contributed by atoms with Gasteiger partial charge in [0.2, 0.25) is 15.8 Å². The molecular formula is C42H52FN7O9S2Si. The van der Waals surface area contributed by atoms with Crippen LogP contribution in [0.2, 0.25) is 25.7 Å². The van der Waals surface area contributed by atoms with E-state index in [4.69, 9.17) is 14.2 Å². The molecule has 1 fully saturated rings. The van der Waals surface area contributed by atoms with Crippen molar-refractivity contribution in [1.29, 1.82) is 0 Å². The Bertz CT molecular complexity index is 2510. The highest BCUT2D eigenvalue weighted by Crippen LogP contribution is 2.42. The first-order valence-corrected chi connectivity index (χ1v) is 26.7. The van der Waals surface area contributed by atoms with Crippen LogP contribution in [0, 0.1) is 0 Å². The molecule has 2 N–H and O–H groups in total. The third-order valence-corrected chi connectivity index (χ3v) is 16.4. The molecule has 20 heteroatoms. The van der Waals surface area contributed by atoms with E-state index >= 15 is 12.8 Å². The summed E-state index contributed by atoms with van der Waals surface area (Å²) in [6.07, 6.45) is -3.04. The maximum atomic E-state index is 15.9. The molecular weight excluding hydrogens is 858 g/mol. The number of tetrazole rings is 1. The number of anilines is 1. The minimum Gasteiger partial charge on any atom is -0.497 e. The van der Waals surface area contributed by atoms with Gasteiger partial charge < -0.3 is 29.5 Å². The summed E-state index contributed by atoms with van der Waals surface area (Å²) in [5, 5.41) is 24.9. The van der Waals surface area contributed by atoms with Crippen molar-refractivity contribution in [3.05, 3.63) is 102 Å². The standard InChI is InChI=1S/C42H52FN7O9S2Si/c1-57-32-13-7-29(8-14-32)25-49(26-30-9-15-33(58-2)16-10-30)61(55,56)40-38(60(53,54)23-24-62(4,5)6)20-19-37(48-22-21-36(35(43)28-48)44-42(51)52)39(40)41-45-47-50(46-41)27-31-11-17-34(59-3)18-12-31/h7-20,35-36,44H,21-28H2,1-6H3,(H,51,52)/t35-,36+/m1/s1. The molecule has 1 aromatic heterocycles. The molecule has 0 unspecified atom stereocenters. The number of sulfone groups is 1. The molecule has 0 aliphatic carbocycles. The molecule has 2 atom stereocenters. The van der Waals surface area contributed by atoms with Crippen LogP contribution in [0.15, 0.2) is 94.7 Å². The lowest BCUT2D eigenvalue weighted by atomic mass is 10.0. The van der Waals surface area contributed by atoms with Crippen LogP contribution < -0.4 is 24.4 Å². The SMILES string of the molecule is COc1ccc(CN(Cc2ccc(OC)cc2)S(=O)(=O)c2c(S(=O)(=O)CC[Si](C)(C)C)ccc(N3CC[C@H](NC(=O)O)[C@H](F)C3)c2-c2nnn(Cc3ccc(OC)cc3)n2)cc1. The monoisotopic (exact) mass is 909 g/mol. The number of benzene rings is 4. The Morgan fingerprint density at radius 2 is 1.37 bits per heavy atom. The number of sulfonamides is 1. The summed E-state index contributed by atoms with van der Waals surface area (Å²) >= 11 is 0. The number of hydrogen-bond donors (Lipinski definition) is 2. The molecule has 332 valence electrons. The van der Waals surface area contributed by atoms with E-state index in [0.29, 0.717) is 34.4 Å². The van der Waals surface area contributed by atoms with Crippen molar-refractivity contribution in [2.75, 3.05) is 45.1 Å². The molecule has 16 nitrogen and oxygen atoms in total. The lowest BCUT2D eigenvalue weighted by Gasteiger charge is -2.37. The van der Waals surface area contributed by atoms with E-state index in [0.717, 1.165) is 5.56 Å². The van der Waals surface area contributed by atoms with Crippen molar-refractivity contribution in [2.24, 2.45) is 0 Å². The number of nitrogens with zero attached hydrogens (tertiary/aromatic N) is 6. The molecule has 0 saturated carbocycles. The fraction of sp³-hybridized carbons (Fsp3) is 0.381. The second-order valence-corrected chi connectivity index (χ2v) is 25.8. The zero-order valence-electron chi connectivity index (χ0n) is 35.5. The minimum atomic E-state index is -4.87.